The number of carbonyl (C=O) groups is 1. The largest absolute Gasteiger partial charge is 0.434 e. The highest BCUT2D eigenvalue weighted by molar-refractivity contribution is 6.44. The molecule has 1 aliphatic heterocycles. The molecule has 146 valence electrons. The van der Waals surface area contributed by atoms with Crippen molar-refractivity contribution in [3.8, 4) is 0 Å². The first-order chi connectivity index (χ1) is 11.2. The number of piperazine rings is 1. The van der Waals surface area contributed by atoms with Crippen LogP contribution >= 0.6 is 0 Å². The fraction of sp³-hybridized carbons (Fsp3) is 0.917. The second kappa shape index (κ2) is 6.60. The molecule has 0 saturated carbocycles. The van der Waals surface area contributed by atoms with E-state index in [0.717, 1.165) is 4.90 Å². The van der Waals surface area contributed by atoms with Crippen molar-refractivity contribution in [1.29, 1.82) is 0 Å². The Hall–Kier alpha value is -0.930. The van der Waals surface area contributed by atoms with Gasteiger partial charge in [-0.05, 0) is 31.4 Å². The van der Waals surface area contributed by atoms with Crippen LogP contribution in [0.5, 0.6) is 0 Å². The predicted molar refractivity (Wildman–Crippen MR) is 95.2 cm³/mol. The smallest absolute Gasteiger partial charge is 0.426 e. The zero-order valence-electron chi connectivity index (χ0n) is 16.0. The van der Waals surface area contributed by atoms with Crippen LogP contribution in [0.25, 0.3) is 0 Å². The predicted octanol–water partition coefficient (Wildman–Crippen LogP) is -1.13. The summed E-state index contributed by atoms with van der Waals surface area (Å²) in [6.07, 6.45) is -17.2. The van der Waals surface area contributed by atoms with E-state index in [1.165, 1.54) is 0 Å². The number of amides is 1. The molecule has 0 N–H and O–H groups in total. The van der Waals surface area contributed by atoms with Crippen molar-refractivity contribution in [2.75, 3.05) is 13.1 Å². The molecule has 0 atom stereocenters. The molecule has 0 bridgehead atoms. The van der Waals surface area contributed by atoms with Crippen LogP contribution in [0.1, 0.15) is 20.8 Å². The topological polar surface area (TPSA) is 32.8 Å². The fourth-order valence-electron chi connectivity index (χ4n) is 4.39. The van der Waals surface area contributed by atoms with Gasteiger partial charge in [0.25, 0.3) is 6.10 Å². The average molecular weight is 384 g/mol. The minimum absolute atomic E-state index is 0.0605. The first-order valence-corrected chi connectivity index (χ1v) is 8.09. The van der Waals surface area contributed by atoms with E-state index < -0.39 is 35.2 Å². The molecule has 0 aromatic rings. The number of ether oxygens (including phenoxy) is 1. The highest BCUT2D eigenvalue weighted by atomic mass is 19.4. The van der Waals surface area contributed by atoms with Gasteiger partial charge in [0.2, 0.25) is 0 Å². The number of nitrogens with zero attached hydrogens (tertiary/aromatic N) is 2. The molecular weight excluding hydrogens is 361 g/mol. The lowest BCUT2D eigenvalue weighted by molar-refractivity contribution is -0.308. The van der Waals surface area contributed by atoms with Gasteiger partial charge in [0.05, 0.1) is 0 Å². The number of hydrogen-bond donors (Lipinski definition) is 0. The number of rotatable bonds is 1. The third kappa shape index (κ3) is 5.07. The van der Waals surface area contributed by atoms with E-state index >= 15 is 0 Å². The maximum absolute atomic E-state index is 12.6. The Balaban J connectivity index is 3.10. The van der Waals surface area contributed by atoms with Gasteiger partial charge in [0, 0.05) is 18.6 Å². The number of carbonyl (C=O) groups excluding carboxylic acids is 1. The van der Waals surface area contributed by atoms with E-state index in [9.17, 15) is 31.1 Å². The first-order valence-electron chi connectivity index (χ1n) is 8.09. The molecule has 1 fully saturated rings. The van der Waals surface area contributed by atoms with Crippen molar-refractivity contribution in [2.24, 2.45) is 0 Å². The van der Waals surface area contributed by atoms with Gasteiger partial charge in [-0.1, -0.05) is 0 Å². The van der Waals surface area contributed by atoms with Crippen molar-refractivity contribution < 1.29 is 35.9 Å². The summed E-state index contributed by atoms with van der Waals surface area (Å²) in [4.78, 5) is 15.1. The Bertz CT molecular complexity index is 515. The van der Waals surface area contributed by atoms with E-state index in [1.807, 2.05) is 20.8 Å². The molecule has 0 aromatic heterocycles. The van der Waals surface area contributed by atoms with Gasteiger partial charge in [-0.3, -0.25) is 0 Å². The Morgan fingerprint density at radius 1 is 0.923 bits per heavy atom. The third-order valence-electron chi connectivity index (χ3n) is 4.11. The third-order valence-corrected chi connectivity index (χ3v) is 4.11. The van der Waals surface area contributed by atoms with Gasteiger partial charge in [0.15, 0.2) is 0 Å². The van der Waals surface area contributed by atoms with Crippen molar-refractivity contribution in [3.05, 3.63) is 0 Å². The Labute approximate surface area is 152 Å². The average Bonchev–Trinajstić information content (AvgIpc) is 2.26. The summed E-state index contributed by atoms with van der Waals surface area (Å²) in [6, 6.07) is 0. The summed E-state index contributed by atoms with van der Waals surface area (Å²) in [5.41, 5.74) is -0.330. The Kier molecular flexibility index (Phi) is 5.86. The second-order valence-corrected chi connectivity index (χ2v) is 8.83. The van der Waals surface area contributed by atoms with Crippen LogP contribution in [0.2, 0.25) is 0 Å². The van der Waals surface area contributed by atoms with Crippen molar-refractivity contribution in [2.45, 2.75) is 55.4 Å². The molecule has 14 heteroatoms. The zero-order chi connectivity index (χ0) is 20.9. The molecule has 0 aromatic carbocycles. The van der Waals surface area contributed by atoms with Gasteiger partial charge in [-0.2, -0.15) is 26.3 Å². The Morgan fingerprint density at radius 3 is 1.54 bits per heavy atom. The summed E-state index contributed by atoms with van der Waals surface area (Å²) in [5, 5.41) is -1.38. The van der Waals surface area contributed by atoms with Crippen LogP contribution in [-0.4, -0.2) is 95.0 Å². The summed E-state index contributed by atoms with van der Waals surface area (Å²) < 4.78 is 79.7. The van der Waals surface area contributed by atoms with Crippen LogP contribution < -0.4 is 0 Å². The molecule has 0 spiro atoms. The summed E-state index contributed by atoms with van der Waals surface area (Å²) in [5.74, 6) is 0. The first kappa shape index (κ1) is 23.1. The molecule has 1 saturated heterocycles. The minimum atomic E-state index is -5.73. The monoisotopic (exact) mass is 384 g/mol. The van der Waals surface area contributed by atoms with Gasteiger partial charge < -0.3 is 14.5 Å². The molecule has 26 heavy (non-hydrogen) atoms. The molecule has 0 unspecified atom stereocenters. The highest BCUT2D eigenvalue weighted by Crippen LogP contribution is 2.37. The van der Waals surface area contributed by atoms with Gasteiger partial charge in [-0.25, -0.2) is 4.79 Å². The molecule has 1 rings (SSSR count). The molecule has 1 aliphatic rings. The van der Waals surface area contributed by atoms with Crippen LogP contribution in [-0.2, 0) is 4.74 Å². The molecule has 4 nitrogen and oxygen atoms in total. The second-order valence-electron chi connectivity index (χ2n) is 8.83. The van der Waals surface area contributed by atoms with Gasteiger partial charge in [0.1, 0.15) is 31.4 Å². The maximum atomic E-state index is 12.6. The van der Waals surface area contributed by atoms with E-state index in [2.05, 4.69) is 9.64 Å². The minimum Gasteiger partial charge on any atom is -0.426 e. The lowest BCUT2D eigenvalue weighted by Gasteiger charge is -2.62. The summed E-state index contributed by atoms with van der Waals surface area (Å²) >= 11 is 0. The normalized spacial score (nSPS) is 21.7. The standard InChI is InChI=1S/C12H22B4F6N2O2/c1-8(2,3)24-9(13,14)4-23(5-10(24,15)16)7(25)26-6(11(17,18)19)12(20,21)22/h6H,4-5,13-16H2,1-3H3. The number of halogens is 6. The number of alkyl halides is 6. The van der Waals surface area contributed by atoms with Crippen LogP contribution in [0.3, 0.4) is 0 Å². The quantitative estimate of drug-likeness (QED) is 0.425. The molecule has 1 amide bonds. The molecule has 0 radical (unpaired) electrons. The Morgan fingerprint density at radius 2 is 1.27 bits per heavy atom. The zero-order valence-corrected chi connectivity index (χ0v) is 16.0. The maximum Gasteiger partial charge on any atom is 0.434 e. The van der Waals surface area contributed by atoms with E-state index in [4.69, 9.17) is 0 Å². The SMILES string of the molecule is BC1(B)CN(C(=O)OC(C(F)(F)F)C(F)(F)F)CC(B)(B)N1C(C)(C)C. The van der Waals surface area contributed by atoms with Crippen molar-refractivity contribution in [1.82, 2.24) is 9.80 Å². The fourth-order valence-corrected chi connectivity index (χ4v) is 4.39. The molecular formula is C12H22B4F6N2O2. The van der Waals surface area contributed by atoms with Crippen LogP contribution in [0.4, 0.5) is 31.1 Å². The van der Waals surface area contributed by atoms with Crippen molar-refractivity contribution >= 4 is 37.5 Å². The molecule has 1 heterocycles. The highest BCUT2D eigenvalue weighted by Gasteiger charge is 2.60. The molecule has 0 aliphatic carbocycles. The summed E-state index contributed by atoms with van der Waals surface area (Å²) in [6.45, 7) is 5.74. The summed E-state index contributed by atoms with van der Waals surface area (Å²) in [7, 11) is 7.13. The van der Waals surface area contributed by atoms with E-state index in [0.29, 0.717) is 0 Å². The van der Waals surface area contributed by atoms with Crippen molar-refractivity contribution in [3.63, 3.8) is 0 Å². The van der Waals surface area contributed by atoms with E-state index in [-0.39, 0.29) is 18.6 Å². The lowest BCUT2D eigenvalue weighted by atomic mass is 9.49. The van der Waals surface area contributed by atoms with E-state index in [1.54, 1.807) is 31.4 Å². The van der Waals surface area contributed by atoms with Crippen LogP contribution in [0, 0.1) is 0 Å². The van der Waals surface area contributed by atoms with Crippen LogP contribution in [0.15, 0.2) is 0 Å². The van der Waals surface area contributed by atoms with Gasteiger partial charge >= 0.3 is 18.4 Å². The number of hydrogen-bond acceptors (Lipinski definition) is 3. The van der Waals surface area contributed by atoms with Gasteiger partial charge in [-0.15, -0.1) is 0 Å². The lowest BCUT2D eigenvalue weighted by Crippen LogP contribution is -2.78.